The maximum Gasteiger partial charge on any atom is 0.213 e. The third-order valence-corrected chi connectivity index (χ3v) is 2.15. The van der Waals surface area contributed by atoms with E-state index >= 15 is 0 Å². The van der Waals surface area contributed by atoms with Crippen LogP contribution in [-0.4, -0.2) is 26.6 Å². The van der Waals surface area contributed by atoms with Crippen molar-refractivity contribution in [3.05, 3.63) is 30.2 Å². The average Bonchev–Trinajstić information content (AvgIpc) is 2.75. The Morgan fingerprint density at radius 1 is 1.41 bits per heavy atom. The minimum absolute atomic E-state index is 0.624. The minimum atomic E-state index is 0.624. The van der Waals surface area contributed by atoms with Gasteiger partial charge in [0.25, 0.3) is 0 Å². The summed E-state index contributed by atoms with van der Waals surface area (Å²) in [5, 5.41) is 11.1. The van der Waals surface area contributed by atoms with Crippen LogP contribution in [0.15, 0.2) is 24.5 Å². The molecule has 2 heterocycles. The number of hydrogen-bond acceptors (Lipinski definition) is 5. The number of hydrogen-bond donors (Lipinski definition) is 1. The van der Waals surface area contributed by atoms with Crippen molar-refractivity contribution in [2.24, 2.45) is 7.05 Å². The van der Waals surface area contributed by atoms with Gasteiger partial charge in [-0.3, -0.25) is 4.68 Å². The Kier molecular flexibility index (Phi) is 3.54. The van der Waals surface area contributed by atoms with E-state index < -0.39 is 0 Å². The Morgan fingerprint density at radius 3 is 2.88 bits per heavy atom. The van der Waals surface area contributed by atoms with Gasteiger partial charge in [-0.15, -0.1) is 5.10 Å². The van der Waals surface area contributed by atoms with Crippen LogP contribution in [0, 0.1) is 0 Å². The molecule has 0 radical (unpaired) electrons. The predicted molar refractivity (Wildman–Crippen MR) is 63.7 cm³/mol. The number of rotatable bonds is 5. The SMILES string of the molecule is CCOc1ccc(NCc2cn(C)nn2)cn1. The summed E-state index contributed by atoms with van der Waals surface area (Å²) in [4.78, 5) is 4.16. The van der Waals surface area contributed by atoms with Gasteiger partial charge in [-0.2, -0.15) is 0 Å². The van der Waals surface area contributed by atoms with Crippen LogP contribution in [0.25, 0.3) is 0 Å². The number of pyridine rings is 1. The molecule has 0 aliphatic heterocycles. The lowest BCUT2D eigenvalue weighted by Gasteiger charge is -2.05. The highest BCUT2D eigenvalue weighted by Crippen LogP contribution is 2.12. The third-order valence-electron chi connectivity index (χ3n) is 2.15. The molecule has 0 unspecified atom stereocenters. The quantitative estimate of drug-likeness (QED) is 0.841. The standard InChI is InChI=1S/C11H15N5O/c1-3-17-11-5-4-9(6-13-11)12-7-10-8-16(2)15-14-10/h4-6,8,12H,3,7H2,1-2H3. The van der Waals surface area contributed by atoms with Gasteiger partial charge < -0.3 is 10.1 Å². The van der Waals surface area contributed by atoms with Crippen LogP contribution in [0.5, 0.6) is 5.88 Å². The monoisotopic (exact) mass is 233 g/mol. The van der Waals surface area contributed by atoms with Gasteiger partial charge in [0.05, 0.1) is 25.0 Å². The van der Waals surface area contributed by atoms with Crippen molar-refractivity contribution in [3.63, 3.8) is 0 Å². The molecule has 0 aliphatic rings. The van der Waals surface area contributed by atoms with Crippen molar-refractivity contribution in [1.82, 2.24) is 20.0 Å². The normalized spacial score (nSPS) is 10.2. The molecule has 2 aromatic heterocycles. The summed E-state index contributed by atoms with van der Waals surface area (Å²) in [5.74, 6) is 0.637. The van der Waals surface area contributed by atoms with E-state index in [0.717, 1.165) is 11.4 Å². The fraction of sp³-hybridized carbons (Fsp3) is 0.364. The van der Waals surface area contributed by atoms with Crippen LogP contribution in [0.4, 0.5) is 5.69 Å². The molecule has 2 rings (SSSR count). The molecule has 0 bridgehead atoms. The van der Waals surface area contributed by atoms with Gasteiger partial charge in [-0.1, -0.05) is 5.21 Å². The molecule has 6 nitrogen and oxygen atoms in total. The topological polar surface area (TPSA) is 64.9 Å². The van der Waals surface area contributed by atoms with E-state index in [0.29, 0.717) is 19.0 Å². The molecule has 6 heteroatoms. The van der Waals surface area contributed by atoms with Crippen molar-refractivity contribution in [2.45, 2.75) is 13.5 Å². The van der Waals surface area contributed by atoms with Crippen LogP contribution < -0.4 is 10.1 Å². The zero-order valence-corrected chi connectivity index (χ0v) is 9.92. The second-order valence-electron chi connectivity index (χ2n) is 3.56. The Hall–Kier alpha value is -2.11. The summed E-state index contributed by atoms with van der Waals surface area (Å²) in [5.41, 5.74) is 1.82. The molecule has 1 N–H and O–H groups in total. The number of anilines is 1. The van der Waals surface area contributed by atoms with Gasteiger partial charge in [-0.05, 0) is 13.0 Å². The molecule has 2 aromatic rings. The lowest BCUT2D eigenvalue weighted by molar-refractivity contribution is 0.327. The molecule has 0 saturated carbocycles. The zero-order chi connectivity index (χ0) is 12.1. The Labute approximate surface area is 99.6 Å². The van der Waals surface area contributed by atoms with E-state index in [1.54, 1.807) is 10.9 Å². The van der Waals surface area contributed by atoms with Gasteiger partial charge in [0.15, 0.2) is 0 Å². The number of nitrogens with one attached hydrogen (secondary N) is 1. The second kappa shape index (κ2) is 5.29. The first-order valence-corrected chi connectivity index (χ1v) is 5.46. The average molecular weight is 233 g/mol. The summed E-state index contributed by atoms with van der Waals surface area (Å²) >= 11 is 0. The maximum atomic E-state index is 5.26. The summed E-state index contributed by atoms with van der Waals surface area (Å²) in [6.07, 6.45) is 3.61. The molecule has 0 aliphatic carbocycles. The molecule has 17 heavy (non-hydrogen) atoms. The van der Waals surface area contributed by atoms with Gasteiger partial charge in [0, 0.05) is 19.3 Å². The van der Waals surface area contributed by atoms with Crippen LogP contribution in [0.3, 0.4) is 0 Å². The van der Waals surface area contributed by atoms with Gasteiger partial charge >= 0.3 is 0 Å². The van der Waals surface area contributed by atoms with Crippen LogP contribution in [0.2, 0.25) is 0 Å². The first kappa shape index (κ1) is 11.4. The van der Waals surface area contributed by atoms with E-state index in [9.17, 15) is 0 Å². The fourth-order valence-electron chi connectivity index (χ4n) is 1.39. The second-order valence-corrected chi connectivity index (χ2v) is 3.56. The third kappa shape index (κ3) is 3.17. The number of nitrogens with zero attached hydrogens (tertiary/aromatic N) is 4. The van der Waals surface area contributed by atoms with E-state index in [1.165, 1.54) is 0 Å². The lowest BCUT2D eigenvalue weighted by Crippen LogP contribution is -2.01. The first-order chi connectivity index (χ1) is 8.28. The van der Waals surface area contributed by atoms with Crippen molar-refractivity contribution < 1.29 is 4.74 Å². The summed E-state index contributed by atoms with van der Waals surface area (Å²) < 4.78 is 6.94. The van der Waals surface area contributed by atoms with Gasteiger partial charge in [0.2, 0.25) is 5.88 Å². The Balaban J connectivity index is 1.90. The summed E-state index contributed by atoms with van der Waals surface area (Å²) in [6, 6.07) is 3.76. The number of ether oxygens (including phenoxy) is 1. The van der Waals surface area contributed by atoms with Crippen molar-refractivity contribution >= 4 is 5.69 Å². The molecule has 0 atom stereocenters. The molecular weight excluding hydrogens is 218 g/mol. The molecule has 0 aromatic carbocycles. The highest BCUT2D eigenvalue weighted by Gasteiger charge is 1.99. The Bertz CT molecular complexity index is 465. The highest BCUT2D eigenvalue weighted by atomic mass is 16.5. The fourth-order valence-corrected chi connectivity index (χ4v) is 1.39. The predicted octanol–water partition coefficient (Wildman–Crippen LogP) is 1.22. The number of aromatic nitrogens is 4. The van der Waals surface area contributed by atoms with Crippen molar-refractivity contribution in [1.29, 1.82) is 0 Å². The van der Waals surface area contributed by atoms with E-state index in [-0.39, 0.29) is 0 Å². The maximum absolute atomic E-state index is 5.26. The van der Waals surface area contributed by atoms with Crippen molar-refractivity contribution in [2.75, 3.05) is 11.9 Å². The van der Waals surface area contributed by atoms with Gasteiger partial charge in [0.1, 0.15) is 5.69 Å². The molecule has 0 saturated heterocycles. The van der Waals surface area contributed by atoms with Crippen molar-refractivity contribution in [3.8, 4) is 5.88 Å². The van der Waals surface area contributed by atoms with E-state index in [4.69, 9.17) is 4.74 Å². The van der Waals surface area contributed by atoms with Crippen LogP contribution in [-0.2, 0) is 13.6 Å². The zero-order valence-electron chi connectivity index (χ0n) is 9.92. The van der Waals surface area contributed by atoms with Crippen LogP contribution in [0.1, 0.15) is 12.6 Å². The molecule has 0 spiro atoms. The lowest BCUT2D eigenvalue weighted by atomic mass is 10.4. The molecule has 0 fully saturated rings. The van der Waals surface area contributed by atoms with Gasteiger partial charge in [-0.25, -0.2) is 4.98 Å². The molecular formula is C11H15N5O. The summed E-state index contributed by atoms with van der Waals surface area (Å²) in [7, 11) is 1.84. The molecule has 0 amide bonds. The smallest absolute Gasteiger partial charge is 0.213 e. The highest BCUT2D eigenvalue weighted by molar-refractivity contribution is 5.42. The number of aryl methyl sites for hydroxylation is 1. The minimum Gasteiger partial charge on any atom is -0.478 e. The van der Waals surface area contributed by atoms with E-state index in [2.05, 4.69) is 20.6 Å². The first-order valence-electron chi connectivity index (χ1n) is 5.46. The largest absolute Gasteiger partial charge is 0.478 e. The van der Waals surface area contributed by atoms with E-state index in [1.807, 2.05) is 32.3 Å². The Morgan fingerprint density at radius 2 is 2.29 bits per heavy atom. The molecule has 90 valence electrons. The van der Waals surface area contributed by atoms with Crippen LogP contribution >= 0.6 is 0 Å². The summed E-state index contributed by atoms with van der Waals surface area (Å²) in [6.45, 7) is 3.19.